The predicted molar refractivity (Wildman–Crippen MR) is 115 cm³/mol. The van der Waals surface area contributed by atoms with E-state index in [1.807, 2.05) is 6.07 Å². The van der Waals surface area contributed by atoms with Crippen LogP contribution in [0.1, 0.15) is 30.4 Å². The molecule has 2 aliphatic rings. The van der Waals surface area contributed by atoms with Gasteiger partial charge in [-0.2, -0.15) is 0 Å². The van der Waals surface area contributed by atoms with E-state index in [-0.39, 0.29) is 11.8 Å². The van der Waals surface area contributed by atoms with Gasteiger partial charge in [0, 0.05) is 28.9 Å². The molecule has 2 aromatic carbocycles. The molecular weight excluding hydrogens is 370 g/mol. The number of rotatable bonds is 5. The number of anilines is 2. The number of hydrogen-bond acceptors (Lipinski definition) is 3. The second kappa shape index (κ2) is 8.54. The molecule has 0 spiro atoms. The van der Waals surface area contributed by atoms with Crippen molar-refractivity contribution >= 4 is 28.9 Å². The smallest absolute Gasteiger partial charge is 0.220 e. The van der Waals surface area contributed by atoms with Crippen LogP contribution in [0, 0.1) is 5.92 Å². The molecule has 0 bridgehead atoms. The van der Waals surface area contributed by atoms with Gasteiger partial charge in [0.15, 0.2) is 0 Å². The van der Waals surface area contributed by atoms with Gasteiger partial charge in [-0.3, -0.25) is 4.79 Å². The molecule has 0 saturated carbocycles. The number of likely N-dealkylation sites (tertiary alicyclic amines) is 1. The lowest BCUT2D eigenvalue weighted by Gasteiger charge is -2.32. The van der Waals surface area contributed by atoms with Gasteiger partial charge in [-0.1, -0.05) is 35.9 Å². The number of aryl methyl sites for hydroxylation is 2. The molecule has 0 aliphatic carbocycles. The van der Waals surface area contributed by atoms with E-state index in [9.17, 15) is 4.79 Å². The summed E-state index contributed by atoms with van der Waals surface area (Å²) in [6.45, 7) is 3.93. The number of fused-ring (bicyclic) bond motifs is 2. The molecular formula is C23H28ClN3O. The molecule has 2 heterocycles. The van der Waals surface area contributed by atoms with Gasteiger partial charge < -0.3 is 15.5 Å². The molecule has 4 rings (SSSR count). The number of para-hydroxylation sites is 1. The first-order valence-electron chi connectivity index (χ1n) is 10.3. The minimum absolute atomic E-state index is 0.0581. The fourth-order valence-electron chi connectivity index (χ4n) is 4.52. The summed E-state index contributed by atoms with van der Waals surface area (Å²) in [7, 11) is 0. The van der Waals surface area contributed by atoms with Gasteiger partial charge >= 0.3 is 0 Å². The van der Waals surface area contributed by atoms with Crippen molar-refractivity contribution in [2.45, 2.75) is 32.1 Å². The van der Waals surface area contributed by atoms with Gasteiger partial charge in [0.25, 0.3) is 0 Å². The van der Waals surface area contributed by atoms with Crippen molar-refractivity contribution in [3.05, 3.63) is 58.6 Å². The third kappa shape index (κ3) is 4.18. The number of piperidine rings is 1. The highest BCUT2D eigenvalue weighted by Crippen LogP contribution is 2.37. The Kier molecular flexibility index (Phi) is 5.88. The van der Waals surface area contributed by atoms with E-state index < -0.39 is 0 Å². The summed E-state index contributed by atoms with van der Waals surface area (Å²) in [5.74, 6) is -0.0861. The zero-order chi connectivity index (χ0) is 19.5. The Morgan fingerprint density at radius 2 is 1.71 bits per heavy atom. The molecule has 5 heteroatoms. The zero-order valence-corrected chi connectivity index (χ0v) is 17.0. The number of primary amides is 1. The summed E-state index contributed by atoms with van der Waals surface area (Å²) >= 11 is 6.34. The lowest BCUT2D eigenvalue weighted by Crippen LogP contribution is -2.39. The Bertz CT molecular complexity index is 845. The van der Waals surface area contributed by atoms with E-state index in [4.69, 9.17) is 17.3 Å². The first kappa shape index (κ1) is 19.3. The summed E-state index contributed by atoms with van der Waals surface area (Å²) in [6, 6.07) is 15.0. The van der Waals surface area contributed by atoms with Crippen molar-refractivity contribution in [1.29, 1.82) is 0 Å². The molecule has 1 fully saturated rings. The van der Waals surface area contributed by atoms with Crippen molar-refractivity contribution in [3.8, 4) is 0 Å². The molecule has 0 radical (unpaired) electrons. The average Bonchev–Trinajstić information content (AvgIpc) is 2.85. The molecule has 2 aliphatic heterocycles. The van der Waals surface area contributed by atoms with Crippen LogP contribution in [-0.2, 0) is 17.6 Å². The fraction of sp³-hybridized carbons (Fsp3) is 0.435. The van der Waals surface area contributed by atoms with Crippen molar-refractivity contribution in [2.24, 2.45) is 11.7 Å². The van der Waals surface area contributed by atoms with Gasteiger partial charge in [0.05, 0.1) is 0 Å². The quantitative estimate of drug-likeness (QED) is 0.823. The molecule has 0 aromatic heterocycles. The lowest BCUT2D eigenvalue weighted by molar-refractivity contribution is -0.123. The normalized spacial score (nSPS) is 17.7. The SMILES string of the molecule is NC(=O)C1CCN(CCCN2c3ccccc3CCc3ccc(Cl)cc32)CC1. The van der Waals surface area contributed by atoms with Crippen LogP contribution in [0.5, 0.6) is 0 Å². The third-order valence-corrected chi connectivity index (χ3v) is 6.37. The number of amides is 1. The molecule has 0 unspecified atom stereocenters. The third-order valence-electron chi connectivity index (χ3n) is 6.13. The van der Waals surface area contributed by atoms with Crippen LogP contribution in [0.15, 0.2) is 42.5 Å². The van der Waals surface area contributed by atoms with E-state index in [0.717, 1.165) is 63.3 Å². The summed E-state index contributed by atoms with van der Waals surface area (Å²) in [6.07, 6.45) is 4.95. The average molecular weight is 398 g/mol. The maximum Gasteiger partial charge on any atom is 0.220 e. The highest BCUT2D eigenvalue weighted by atomic mass is 35.5. The molecule has 0 atom stereocenters. The van der Waals surface area contributed by atoms with E-state index in [1.165, 1.54) is 22.5 Å². The number of carbonyl (C=O) groups excluding carboxylic acids is 1. The summed E-state index contributed by atoms with van der Waals surface area (Å²) < 4.78 is 0. The maximum atomic E-state index is 11.4. The minimum atomic E-state index is -0.144. The van der Waals surface area contributed by atoms with Gasteiger partial charge in [0.1, 0.15) is 0 Å². The Hall–Kier alpha value is -2.04. The van der Waals surface area contributed by atoms with Crippen LogP contribution < -0.4 is 10.6 Å². The Morgan fingerprint density at radius 3 is 2.46 bits per heavy atom. The predicted octanol–water partition coefficient (Wildman–Crippen LogP) is 4.16. The fourth-order valence-corrected chi connectivity index (χ4v) is 4.69. The Balaban J connectivity index is 1.46. The van der Waals surface area contributed by atoms with Gasteiger partial charge in [-0.05, 0) is 81.1 Å². The molecule has 2 aromatic rings. The molecule has 28 heavy (non-hydrogen) atoms. The topological polar surface area (TPSA) is 49.6 Å². The van der Waals surface area contributed by atoms with Crippen LogP contribution in [0.25, 0.3) is 0 Å². The Labute approximate surface area is 172 Å². The first-order valence-corrected chi connectivity index (χ1v) is 10.6. The standard InChI is InChI=1S/C23H28ClN3O/c24-20-9-8-18-7-6-17-4-1-2-5-21(17)27(22(18)16-20)13-3-12-26-14-10-19(11-15-26)23(25)28/h1-2,4-5,8-9,16,19H,3,6-7,10-15H2,(H2,25,28). The largest absolute Gasteiger partial charge is 0.369 e. The van der Waals surface area contributed by atoms with Gasteiger partial charge in [-0.15, -0.1) is 0 Å². The summed E-state index contributed by atoms with van der Waals surface area (Å²) in [5.41, 5.74) is 10.8. The molecule has 2 N–H and O–H groups in total. The van der Waals surface area contributed by atoms with Crippen LogP contribution in [0.2, 0.25) is 5.02 Å². The molecule has 1 saturated heterocycles. The second-order valence-electron chi connectivity index (χ2n) is 7.93. The van der Waals surface area contributed by atoms with Crippen molar-refractivity contribution in [3.63, 3.8) is 0 Å². The minimum Gasteiger partial charge on any atom is -0.369 e. The summed E-state index contributed by atoms with van der Waals surface area (Å²) in [5, 5.41) is 0.789. The van der Waals surface area contributed by atoms with E-state index in [0.29, 0.717) is 0 Å². The number of hydrogen-bond donors (Lipinski definition) is 1. The van der Waals surface area contributed by atoms with E-state index >= 15 is 0 Å². The van der Waals surface area contributed by atoms with Crippen LogP contribution in [0.3, 0.4) is 0 Å². The first-order chi connectivity index (χ1) is 13.6. The van der Waals surface area contributed by atoms with Gasteiger partial charge in [-0.25, -0.2) is 0 Å². The van der Waals surface area contributed by atoms with Crippen molar-refractivity contribution < 1.29 is 4.79 Å². The summed E-state index contributed by atoms with van der Waals surface area (Å²) in [4.78, 5) is 16.3. The van der Waals surface area contributed by atoms with Crippen LogP contribution in [-0.4, -0.2) is 37.0 Å². The molecule has 4 nitrogen and oxygen atoms in total. The van der Waals surface area contributed by atoms with Gasteiger partial charge in [0.2, 0.25) is 5.91 Å². The van der Waals surface area contributed by atoms with E-state index in [1.54, 1.807) is 0 Å². The van der Waals surface area contributed by atoms with Crippen LogP contribution >= 0.6 is 11.6 Å². The van der Waals surface area contributed by atoms with Crippen molar-refractivity contribution in [2.75, 3.05) is 31.1 Å². The van der Waals surface area contributed by atoms with Crippen LogP contribution in [0.4, 0.5) is 11.4 Å². The Morgan fingerprint density at radius 1 is 1.00 bits per heavy atom. The number of halogens is 1. The monoisotopic (exact) mass is 397 g/mol. The molecule has 148 valence electrons. The molecule has 1 amide bonds. The van der Waals surface area contributed by atoms with Crippen molar-refractivity contribution in [1.82, 2.24) is 4.90 Å². The van der Waals surface area contributed by atoms with E-state index in [2.05, 4.69) is 46.2 Å². The highest BCUT2D eigenvalue weighted by Gasteiger charge is 2.24. The number of benzene rings is 2. The number of carbonyl (C=O) groups is 1. The second-order valence-corrected chi connectivity index (χ2v) is 8.36. The highest BCUT2D eigenvalue weighted by molar-refractivity contribution is 6.30. The zero-order valence-electron chi connectivity index (χ0n) is 16.2. The number of nitrogens with two attached hydrogens (primary N) is 1. The lowest BCUT2D eigenvalue weighted by atomic mass is 9.96. The number of nitrogens with zero attached hydrogens (tertiary/aromatic N) is 2. The maximum absolute atomic E-state index is 11.4.